The molecule has 0 aromatic carbocycles. The van der Waals surface area contributed by atoms with Crippen LogP contribution in [0.15, 0.2) is 4.99 Å². The van der Waals surface area contributed by atoms with Crippen LogP contribution in [-0.2, 0) is 9.47 Å². The normalized spacial score (nSPS) is 26.2. The van der Waals surface area contributed by atoms with Gasteiger partial charge in [-0.25, -0.2) is 5.84 Å². The zero-order chi connectivity index (χ0) is 12.0. The summed E-state index contributed by atoms with van der Waals surface area (Å²) in [6, 6.07) is 0. The lowest BCUT2D eigenvalue weighted by Gasteiger charge is -2.19. The summed E-state index contributed by atoms with van der Waals surface area (Å²) in [5, 5.41) is 0. The lowest BCUT2D eigenvalue weighted by molar-refractivity contribution is -0.00461. The molecule has 1 aliphatic rings. The zero-order valence-electron chi connectivity index (χ0n) is 10.3. The number of methoxy groups -OCH3 is 2. The van der Waals surface area contributed by atoms with E-state index in [4.69, 9.17) is 15.3 Å². The standard InChI is InChI=1S/C10H22N4O2/c1-4-5-12-10(13-11)14-6-8(15-2)9(7-14)16-3/h8-9H,4-7,11H2,1-3H3,(H,12,13). The monoisotopic (exact) mass is 230 g/mol. The fourth-order valence-corrected chi connectivity index (χ4v) is 1.82. The zero-order valence-corrected chi connectivity index (χ0v) is 10.3. The fraction of sp³-hybridized carbons (Fsp3) is 0.900. The molecule has 1 aliphatic heterocycles. The smallest absolute Gasteiger partial charge is 0.208 e. The number of hydrogen-bond acceptors (Lipinski definition) is 4. The van der Waals surface area contributed by atoms with Crippen molar-refractivity contribution < 1.29 is 9.47 Å². The molecule has 0 aromatic rings. The molecule has 6 nitrogen and oxygen atoms in total. The Balaban J connectivity index is 2.60. The van der Waals surface area contributed by atoms with E-state index in [2.05, 4.69) is 22.2 Å². The molecule has 0 saturated carbocycles. The summed E-state index contributed by atoms with van der Waals surface area (Å²) in [6.07, 6.45) is 1.15. The molecule has 1 heterocycles. The van der Waals surface area contributed by atoms with Crippen LogP contribution < -0.4 is 11.3 Å². The number of rotatable bonds is 4. The van der Waals surface area contributed by atoms with Crippen molar-refractivity contribution in [1.82, 2.24) is 10.3 Å². The van der Waals surface area contributed by atoms with Gasteiger partial charge < -0.3 is 14.4 Å². The second kappa shape index (κ2) is 6.67. The highest BCUT2D eigenvalue weighted by Crippen LogP contribution is 2.15. The van der Waals surface area contributed by atoms with Crippen LogP contribution in [0.1, 0.15) is 13.3 Å². The van der Waals surface area contributed by atoms with Crippen molar-refractivity contribution in [3.8, 4) is 0 Å². The molecule has 16 heavy (non-hydrogen) atoms. The SMILES string of the molecule is CCCN=C(NN)N1CC(OC)C(OC)C1. The van der Waals surface area contributed by atoms with Crippen LogP contribution in [-0.4, -0.2) is 56.9 Å². The first-order valence-corrected chi connectivity index (χ1v) is 5.58. The summed E-state index contributed by atoms with van der Waals surface area (Å²) < 4.78 is 10.7. The Kier molecular flexibility index (Phi) is 5.51. The lowest BCUT2D eigenvalue weighted by atomic mass is 10.3. The Morgan fingerprint density at radius 1 is 1.38 bits per heavy atom. The van der Waals surface area contributed by atoms with E-state index >= 15 is 0 Å². The molecule has 0 radical (unpaired) electrons. The van der Waals surface area contributed by atoms with Gasteiger partial charge in [0, 0.05) is 33.9 Å². The number of hydrogen-bond donors (Lipinski definition) is 2. The average Bonchev–Trinajstić information content (AvgIpc) is 2.73. The Morgan fingerprint density at radius 2 is 1.94 bits per heavy atom. The van der Waals surface area contributed by atoms with Crippen LogP contribution in [0.4, 0.5) is 0 Å². The summed E-state index contributed by atoms with van der Waals surface area (Å²) in [7, 11) is 3.39. The van der Waals surface area contributed by atoms with E-state index in [1.807, 2.05) is 0 Å². The van der Waals surface area contributed by atoms with Gasteiger partial charge in [-0.1, -0.05) is 6.92 Å². The number of nitrogens with two attached hydrogens (primary N) is 1. The summed E-state index contributed by atoms with van der Waals surface area (Å²) >= 11 is 0. The fourth-order valence-electron chi connectivity index (χ4n) is 1.82. The van der Waals surface area contributed by atoms with Crippen LogP contribution in [0, 0.1) is 0 Å². The minimum Gasteiger partial charge on any atom is -0.377 e. The second-order valence-corrected chi connectivity index (χ2v) is 3.80. The lowest BCUT2D eigenvalue weighted by Crippen LogP contribution is -2.44. The van der Waals surface area contributed by atoms with Gasteiger partial charge in [0.05, 0.1) is 0 Å². The van der Waals surface area contributed by atoms with Crippen LogP contribution in [0.2, 0.25) is 0 Å². The molecule has 94 valence electrons. The van der Waals surface area contributed by atoms with Crippen LogP contribution >= 0.6 is 0 Å². The molecule has 6 heteroatoms. The third kappa shape index (κ3) is 3.07. The van der Waals surface area contributed by atoms with Crippen molar-refractivity contribution in [2.24, 2.45) is 10.8 Å². The minimum atomic E-state index is 0.0742. The van der Waals surface area contributed by atoms with E-state index in [9.17, 15) is 0 Å². The van der Waals surface area contributed by atoms with Crippen molar-refractivity contribution in [2.75, 3.05) is 33.9 Å². The molecule has 3 N–H and O–H groups in total. The van der Waals surface area contributed by atoms with E-state index in [0.29, 0.717) is 5.96 Å². The van der Waals surface area contributed by atoms with Gasteiger partial charge in [0.1, 0.15) is 12.2 Å². The highest BCUT2D eigenvalue weighted by Gasteiger charge is 2.34. The largest absolute Gasteiger partial charge is 0.377 e. The molecular formula is C10H22N4O2. The van der Waals surface area contributed by atoms with Gasteiger partial charge >= 0.3 is 0 Å². The van der Waals surface area contributed by atoms with Gasteiger partial charge in [-0.05, 0) is 6.42 Å². The topological polar surface area (TPSA) is 72.1 Å². The molecule has 0 aromatic heterocycles. The molecule has 0 aliphatic carbocycles. The van der Waals surface area contributed by atoms with E-state index in [1.54, 1.807) is 14.2 Å². The Hall–Kier alpha value is -0.850. The Labute approximate surface area is 96.8 Å². The van der Waals surface area contributed by atoms with E-state index < -0.39 is 0 Å². The number of hydrazine groups is 1. The van der Waals surface area contributed by atoms with Gasteiger partial charge in [-0.15, -0.1) is 0 Å². The van der Waals surface area contributed by atoms with Crippen molar-refractivity contribution in [3.63, 3.8) is 0 Å². The van der Waals surface area contributed by atoms with Crippen molar-refractivity contribution >= 4 is 5.96 Å². The van der Waals surface area contributed by atoms with Crippen molar-refractivity contribution in [3.05, 3.63) is 0 Å². The first-order chi connectivity index (χ1) is 7.76. The molecule has 1 saturated heterocycles. The predicted molar refractivity (Wildman–Crippen MR) is 63.1 cm³/mol. The number of aliphatic imine (C=N–C) groups is 1. The van der Waals surface area contributed by atoms with Gasteiger partial charge in [0.15, 0.2) is 0 Å². The highest BCUT2D eigenvalue weighted by atomic mass is 16.5. The minimum absolute atomic E-state index is 0.0742. The van der Waals surface area contributed by atoms with E-state index in [-0.39, 0.29) is 12.2 Å². The van der Waals surface area contributed by atoms with Crippen molar-refractivity contribution in [1.29, 1.82) is 0 Å². The van der Waals surface area contributed by atoms with E-state index in [0.717, 1.165) is 26.1 Å². The maximum Gasteiger partial charge on any atom is 0.208 e. The first-order valence-electron chi connectivity index (χ1n) is 5.58. The number of nitrogens with one attached hydrogen (secondary N) is 1. The quantitative estimate of drug-likeness (QED) is 0.296. The molecule has 1 rings (SSSR count). The van der Waals surface area contributed by atoms with Gasteiger partial charge in [-0.3, -0.25) is 10.4 Å². The molecule has 1 fully saturated rings. The Bertz CT molecular complexity index is 223. The summed E-state index contributed by atoms with van der Waals surface area (Å²) in [5.41, 5.74) is 2.63. The summed E-state index contributed by atoms with van der Waals surface area (Å²) in [5.74, 6) is 6.17. The molecular weight excluding hydrogens is 208 g/mol. The number of nitrogens with zero attached hydrogens (tertiary/aromatic N) is 2. The molecule has 0 bridgehead atoms. The van der Waals surface area contributed by atoms with Crippen molar-refractivity contribution in [2.45, 2.75) is 25.6 Å². The second-order valence-electron chi connectivity index (χ2n) is 3.80. The number of ether oxygens (including phenoxy) is 2. The Morgan fingerprint density at radius 3 is 2.31 bits per heavy atom. The third-order valence-electron chi connectivity index (χ3n) is 2.73. The average molecular weight is 230 g/mol. The number of likely N-dealkylation sites (tertiary alicyclic amines) is 1. The molecule has 2 atom stereocenters. The molecule has 2 unspecified atom stereocenters. The number of guanidine groups is 1. The highest BCUT2D eigenvalue weighted by molar-refractivity contribution is 5.79. The maximum atomic E-state index is 5.46. The van der Waals surface area contributed by atoms with Crippen LogP contribution in [0.3, 0.4) is 0 Å². The summed E-state index contributed by atoms with van der Waals surface area (Å²) in [4.78, 5) is 6.43. The molecule has 0 spiro atoms. The maximum absolute atomic E-state index is 5.46. The third-order valence-corrected chi connectivity index (χ3v) is 2.73. The predicted octanol–water partition coefficient (Wildman–Crippen LogP) is -0.439. The summed E-state index contributed by atoms with van der Waals surface area (Å²) in [6.45, 7) is 4.35. The van der Waals surface area contributed by atoms with Gasteiger partial charge in [0.25, 0.3) is 0 Å². The first kappa shape index (κ1) is 13.2. The van der Waals surface area contributed by atoms with Gasteiger partial charge in [-0.2, -0.15) is 0 Å². The van der Waals surface area contributed by atoms with Crippen LogP contribution in [0.5, 0.6) is 0 Å². The van der Waals surface area contributed by atoms with Gasteiger partial charge in [0.2, 0.25) is 5.96 Å². The van der Waals surface area contributed by atoms with Crippen LogP contribution in [0.25, 0.3) is 0 Å². The molecule has 0 amide bonds. The van der Waals surface area contributed by atoms with E-state index in [1.165, 1.54) is 0 Å².